The van der Waals surface area contributed by atoms with Crippen LogP contribution < -0.4 is 5.73 Å². The first-order valence-corrected chi connectivity index (χ1v) is 7.52. The SMILES string of the molecule is Nc1cc(-c2ccc(C(=O)O)cc2)ccc1-c1ccc(C(=O)O)cc1.[Zn]. The van der Waals surface area contributed by atoms with Crippen LogP contribution in [-0.2, 0) is 19.5 Å². The molecule has 5 nitrogen and oxygen atoms in total. The normalized spacial score (nSPS) is 10.0. The van der Waals surface area contributed by atoms with Gasteiger partial charge in [-0.15, -0.1) is 0 Å². The number of anilines is 1. The molecule has 26 heavy (non-hydrogen) atoms. The van der Waals surface area contributed by atoms with Gasteiger partial charge in [-0.25, -0.2) is 9.59 Å². The minimum atomic E-state index is -0.973. The second kappa shape index (κ2) is 7.94. The van der Waals surface area contributed by atoms with Gasteiger partial charge in [-0.1, -0.05) is 36.4 Å². The molecular weight excluding hydrogens is 384 g/mol. The summed E-state index contributed by atoms with van der Waals surface area (Å²) in [7, 11) is 0. The molecule has 4 N–H and O–H groups in total. The number of carboxylic acid groups (broad SMARTS) is 2. The Morgan fingerprint density at radius 3 is 1.50 bits per heavy atom. The Labute approximate surface area is 162 Å². The molecule has 0 fully saturated rings. The van der Waals surface area contributed by atoms with Crippen molar-refractivity contribution in [2.45, 2.75) is 0 Å². The van der Waals surface area contributed by atoms with Crippen LogP contribution in [0.5, 0.6) is 0 Å². The van der Waals surface area contributed by atoms with Crippen LogP contribution in [0.2, 0.25) is 0 Å². The zero-order valence-electron chi connectivity index (χ0n) is 13.8. The number of nitrogens with two attached hydrogens (primary N) is 1. The van der Waals surface area contributed by atoms with Gasteiger partial charge in [0.1, 0.15) is 0 Å². The predicted octanol–water partition coefficient (Wildman–Crippen LogP) is 4.00. The van der Waals surface area contributed by atoms with E-state index >= 15 is 0 Å². The van der Waals surface area contributed by atoms with E-state index in [4.69, 9.17) is 15.9 Å². The Balaban J connectivity index is 0.00000243. The van der Waals surface area contributed by atoms with Crippen molar-refractivity contribution in [2.24, 2.45) is 0 Å². The Bertz CT molecular complexity index is 951. The molecule has 0 saturated carbocycles. The third-order valence-corrected chi connectivity index (χ3v) is 3.96. The van der Waals surface area contributed by atoms with Crippen molar-refractivity contribution >= 4 is 17.6 Å². The summed E-state index contributed by atoms with van der Waals surface area (Å²) in [4.78, 5) is 21.8. The maximum Gasteiger partial charge on any atom is 0.335 e. The van der Waals surface area contributed by atoms with Crippen molar-refractivity contribution in [1.82, 2.24) is 0 Å². The van der Waals surface area contributed by atoms with Gasteiger partial charge in [-0.2, -0.15) is 0 Å². The van der Waals surface area contributed by atoms with E-state index in [1.807, 2.05) is 18.2 Å². The minimum absolute atomic E-state index is 0. The minimum Gasteiger partial charge on any atom is -0.478 e. The fraction of sp³-hybridized carbons (Fsp3) is 0. The quantitative estimate of drug-likeness (QED) is 0.455. The van der Waals surface area contributed by atoms with Crippen molar-refractivity contribution in [2.75, 3.05) is 5.73 Å². The third-order valence-electron chi connectivity index (χ3n) is 3.96. The zero-order valence-corrected chi connectivity index (χ0v) is 16.8. The Morgan fingerprint density at radius 1 is 0.654 bits per heavy atom. The number of carbonyl (C=O) groups is 2. The van der Waals surface area contributed by atoms with E-state index in [1.54, 1.807) is 36.4 Å². The van der Waals surface area contributed by atoms with E-state index in [9.17, 15) is 9.59 Å². The molecule has 3 aromatic rings. The molecule has 3 rings (SSSR count). The van der Waals surface area contributed by atoms with Gasteiger partial charge in [0.05, 0.1) is 11.1 Å². The van der Waals surface area contributed by atoms with Crippen LogP contribution in [0.1, 0.15) is 20.7 Å². The molecule has 0 amide bonds. The molecule has 3 aromatic carbocycles. The zero-order chi connectivity index (χ0) is 18.0. The molecule has 0 aliphatic heterocycles. The van der Waals surface area contributed by atoms with E-state index in [0.717, 1.165) is 22.3 Å². The van der Waals surface area contributed by atoms with Crippen molar-refractivity contribution in [1.29, 1.82) is 0 Å². The molecule has 0 radical (unpaired) electrons. The third kappa shape index (κ3) is 3.98. The average molecular weight is 399 g/mol. The number of rotatable bonds is 4. The van der Waals surface area contributed by atoms with Gasteiger partial charge in [-0.3, -0.25) is 0 Å². The maximum atomic E-state index is 10.9. The van der Waals surface area contributed by atoms with Crippen LogP contribution in [0.4, 0.5) is 5.69 Å². The average Bonchev–Trinajstić information content (AvgIpc) is 2.62. The molecule has 0 spiro atoms. The van der Waals surface area contributed by atoms with Crippen LogP contribution in [0.15, 0.2) is 66.7 Å². The van der Waals surface area contributed by atoms with E-state index in [-0.39, 0.29) is 30.6 Å². The Hall–Kier alpha value is -2.98. The standard InChI is InChI=1S/C20H15NO4.Zn/c21-18-11-16(12-1-5-14(6-2-12)19(22)23)9-10-17(18)13-3-7-15(8-4-13)20(24)25;/h1-11H,21H2,(H,22,23)(H,24,25);. The molecule has 0 heterocycles. The summed E-state index contributed by atoms with van der Waals surface area (Å²) in [5.41, 5.74) is 10.5. The second-order valence-corrected chi connectivity index (χ2v) is 5.57. The van der Waals surface area contributed by atoms with Crippen LogP contribution in [0, 0.1) is 0 Å². The predicted molar refractivity (Wildman–Crippen MR) is 95.6 cm³/mol. The largest absolute Gasteiger partial charge is 0.478 e. The topological polar surface area (TPSA) is 101 Å². The summed E-state index contributed by atoms with van der Waals surface area (Å²) in [5.74, 6) is -1.94. The number of nitrogen functional groups attached to an aromatic ring is 1. The summed E-state index contributed by atoms with van der Waals surface area (Å²) in [6, 6.07) is 18.7. The first-order chi connectivity index (χ1) is 12.0. The van der Waals surface area contributed by atoms with Gasteiger partial charge in [-0.05, 0) is 47.0 Å². The van der Waals surface area contributed by atoms with Gasteiger partial charge in [0.15, 0.2) is 0 Å². The summed E-state index contributed by atoms with van der Waals surface area (Å²) >= 11 is 0. The number of benzene rings is 3. The van der Waals surface area contributed by atoms with E-state index in [2.05, 4.69) is 0 Å². The molecule has 0 saturated heterocycles. The van der Waals surface area contributed by atoms with Gasteiger partial charge in [0, 0.05) is 30.7 Å². The number of hydrogen-bond acceptors (Lipinski definition) is 3. The summed E-state index contributed by atoms with van der Waals surface area (Å²) in [6.07, 6.45) is 0. The molecule has 0 bridgehead atoms. The van der Waals surface area contributed by atoms with Crippen molar-refractivity contribution in [3.8, 4) is 22.3 Å². The van der Waals surface area contributed by atoms with E-state index in [0.29, 0.717) is 5.69 Å². The summed E-state index contributed by atoms with van der Waals surface area (Å²) in [5, 5.41) is 17.9. The summed E-state index contributed by atoms with van der Waals surface area (Å²) < 4.78 is 0. The fourth-order valence-electron chi connectivity index (χ4n) is 2.60. The van der Waals surface area contributed by atoms with E-state index in [1.165, 1.54) is 12.1 Å². The molecular formula is C20H15NO4Zn. The first-order valence-electron chi connectivity index (χ1n) is 7.52. The van der Waals surface area contributed by atoms with Crippen LogP contribution in [0.3, 0.4) is 0 Å². The molecule has 0 aliphatic rings. The van der Waals surface area contributed by atoms with Crippen molar-refractivity contribution < 1.29 is 39.3 Å². The van der Waals surface area contributed by atoms with Gasteiger partial charge >= 0.3 is 11.9 Å². The number of hydrogen-bond donors (Lipinski definition) is 3. The maximum absolute atomic E-state index is 10.9. The van der Waals surface area contributed by atoms with Crippen LogP contribution in [0.25, 0.3) is 22.3 Å². The molecule has 0 aliphatic carbocycles. The summed E-state index contributed by atoms with van der Waals surface area (Å²) in [6.45, 7) is 0. The van der Waals surface area contributed by atoms with Crippen molar-refractivity contribution in [3.05, 3.63) is 77.9 Å². The smallest absolute Gasteiger partial charge is 0.335 e. The Kier molecular flexibility index (Phi) is 5.91. The molecule has 126 valence electrons. The second-order valence-electron chi connectivity index (χ2n) is 5.57. The van der Waals surface area contributed by atoms with Crippen LogP contribution in [-0.4, -0.2) is 22.2 Å². The number of carboxylic acids is 2. The monoisotopic (exact) mass is 397 g/mol. The van der Waals surface area contributed by atoms with Gasteiger partial charge < -0.3 is 15.9 Å². The van der Waals surface area contributed by atoms with E-state index < -0.39 is 11.9 Å². The van der Waals surface area contributed by atoms with Gasteiger partial charge in [0.25, 0.3) is 0 Å². The number of aromatic carboxylic acids is 2. The molecule has 0 atom stereocenters. The molecule has 0 aromatic heterocycles. The fourth-order valence-corrected chi connectivity index (χ4v) is 2.60. The van der Waals surface area contributed by atoms with Gasteiger partial charge in [0.2, 0.25) is 0 Å². The first kappa shape index (κ1) is 19.3. The molecule has 6 heteroatoms. The van der Waals surface area contributed by atoms with Crippen LogP contribution >= 0.6 is 0 Å². The Morgan fingerprint density at radius 2 is 1.08 bits per heavy atom. The molecule has 0 unspecified atom stereocenters. The van der Waals surface area contributed by atoms with Crippen molar-refractivity contribution in [3.63, 3.8) is 0 Å².